The smallest absolute Gasteiger partial charge is 0.279 e. The van der Waals surface area contributed by atoms with Gasteiger partial charge in [0.05, 0.1) is 30.1 Å². The Hall–Kier alpha value is -2.83. The number of likely N-dealkylation sites (N-methyl/N-ethyl adjacent to an activating group) is 1. The molecule has 194 valence electrons. The zero-order valence-electron chi connectivity index (χ0n) is 21.0. The summed E-state index contributed by atoms with van der Waals surface area (Å²) in [6.07, 6.45) is 5.22. The maximum absolute atomic E-state index is 13.5. The van der Waals surface area contributed by atoms with Crippen molar-refractivity contribution < 1.29 is 13.2 Å². The fourth-order valence-electron chi connectivity index (χ4n) is 4.86. The Kier molecular flexibility index (Phi) is 6.84. The maximum atomic E-state index is 13.5. The zero-order chi connectivity index (χ0) is 25.4. The highest BCUT2D eigenvalue weighted by Gasteiger charge is 2.30. The van der Waals surface area contributed by atoms with E-state index in [1.165, 1.54) is 16.6 Å². The number of H-pyrrole nitrogens is 1. The van der Waals surface area contributed by atoms with E-state index < -0.39 is 10.0 Å². The molecule has 5 rings (SSSR count). The summed E-state index contributed by atoms with van der Waals surface area (Å²) in [5, 5.41) is 4.59. The van der Waals surface area contributed by atoms with Crippen LogP contribution in [0.15, 0.2) is 22.0 Å². The SMILES string of the molecule is CCOc1ncc(S(=O)(=O)N2CCN(CC)CC2)cc1-c1nc2c(CC)n(C3CCC3)nc2c(=O)[nH]1. The molecule has 1 saturated carbocycles. The Morgan fingerprint density at radius 2 is 1.86 bits per heavy atom. The monoisotopic (exact) mass is 515 g/mol. The van der Waals surface area contributed by atoms with Crippen molar-refractivity contribution in [3.63, 3.8) is 0 Å². The third kappa shape index (κ3) is 4.31. The summed E-state index contributed by atoms with van der Waals surface area (Å²) in [6.45, 7) is 9.33. The molecule has 0 bridgehead atoms. The molecule has 1 aliphatic carbocycles. The second-order valence-electron chi connectivity index (χ2n) is 9.24. The molecule has 0 atom stereocenters. The Bertz CT molecular complexity index is 1420. The molecule has 1 saturated heterocycles. The van der Waals surface area contributed by atoms with Gasteiger partial charge in [0, 0.05) is 26.2 Å². The van der Waals surface area contributed by atoms with Gasteiger partial charge in [-0.2, -0.15) is 9.40 Å². The van der Waals surface area contributed by atoms with Crippen LogP contribution in [-0.4, -0.2) is 81.7 Å². The van der Waals surface area contributed by atoms with E-state index in [1.54, 1.807) is 0 Å². The van der Waals surface area contributed by atoms with E-state index in [0.29, 0.717) is 61.8 Å². The molecular weight excluding hydrogens is 482 g/mol. The van der Waals surface area contributed by atoms with Crippen LogP contribution in [-0.2, 0) is 16.4 Å². The van der Waals surface area contributed by atoms with Crippen LogP contribution in [0.2, 0.25) is 0 Å². The lowest BCUT2D eigenvalue weighted by molar-refractivity contribution is 0.196. The second kappa shape index (κ2) is 9.91. The number of pyridine rings is 1. The van der Waals surface area contributed by atoms with Gasteiger partial charge in [0.15, 0.2) is 5.52 Å². The van der Waals surface area contributed by atoms with Gasteiger partial charge >= 0.3 is 0 Å². The Morgan fingerprint density at radius 1 is 1.11 bits per heavy atom. The molecule has 12 heteroatoms. The molecule has 1 aliphatic heterocycles. The van der Waals surface area contributed by atoms with E-state index in [0.717, 1.165) is 31.5 Å². The number of aromatic nitrogens is 5. The van der Waals surface area contributed by atoms with Crippen LogP contribution in [0.25, 0.3) is 22.4 Å². The van der Waals surface area contributed by atoms with Crippen LogP contribution < -0.4 is 10.3 Å². The van der Waals surface area contributed by atoms with Gasteiger partial charge in [-0.3, -0.25) is 9.48 Å². The summed E-state index contributed by atoms with van der Waals surface area (Å²) in [5.74, 6) is 0.443. The van der Waals surface area contributed by atoms with Crippen molar-refractivity contribution in [1.82, 2.24) is 33.9 Å². The Morgan fingerprint density at radius 3 is 2.47 bits per heavy atom. The zero-order valence-corrected chi connectivity index (χ0v) is 21.8. The van der Waals surface area contributed by atoms with Gasteiger partial charge in [0.2, 0.25) is 15.9 Å². The second-order valence-corrected chi connectivity index (χ2v) is 11.2. The summed E-state index contributed by atoms with van der Waals surface area (Å²) in [4.78, 5) is 27.2. The predicted molar refractivity (Wildman–Crippen MR) is 136 cm³/mol. The number of rotatable bonds is 8. The lowest BCUT2D eigenvalue weighted by atomic mass is 9.93. The van der Waals surface area contributed by atoms with E-state index >= 15 is 0 Å². The summed E-state index contributed by atoms with van der Waals surface area (Å²) < 4.78 is 36.0. The molecule has 1 N–H and O–H groups in total. The molecule has 36 heavy (non-hydrogen) atoms. The van der Waals surface area contributed by atoms with Crippen molar-refractivity contribution in [1.29, 1.82) is 0 Å². The summed E-state index contributed by atoms with van der Waals surface area (Å²) in [6, 6.07) is 1.80. The lowest BCUT2D eigenvalue weighted by Crippen LogP contribution is -2.48. The van der Waals surface area contributed by atoms with Crippen LogP contribution in [0.3, 0.4) is 0 Å². The highest BCUT2D eigenvalue weighted by atomic mass is 32.2. The summed E-state index contributed by atoms with van der Waals surface area (Å²) in [7, 11) is -3.77. The topological polar surface area (TPSA) is 126 Å². The average molecular weight is 516 g/mol. The van der Waals surface area contributed by atoms with Crippen molar-refractivity contribution in [2.75, 3.05) is 39.3 Å². The number of sulfonamides is 1. The van der Waals surface area contributed by atoms with Crippen LogP contribution in [0, 0.1) is 0 Å². The molecule has 2 fully saturated rings. The lowest BCUT2D eigenvalue weighted by Gasteiger charge is -2.33. The highest BCUT2D eigenvalue weighted by Crippen LogP contribution is 2.35. The van der Waals surface area contributed by atoms with Crippen molar-refractivity contribution in [2.45, 2.75) is 57.4 Å². The maximum Gasteiger partial charge on any atom is 0.279 e. The minimum absolute atomic E-state index is 0.0505. The summed E-state index contributed by atoms with van der Waals surface area (Å²) in [5.41, 5.74) is 1.71. The third-order valence-corrected chi connectivity index (χ3v) is 9.05. The van der Waals surface area contributed by atoms with Gasteiger partial charge in [-0.1, -0.05) is 13.8 Å². The molecular formula is C24H33N7O4S. The first-order valence-electron chi connectivity index (χ1n) is 12.7. The molecule has 2 aliphatic rings. The van der Waals surface area contributed by atoms with E-state index in [2.05, 4.69) is 26.9 Å². The Balaban J connectivity index is 1.59. The number of nitrogens with zero attached hydrogens (tertiary/aromatic N) is 6. The van der Waals surface area contributed by atoms with Crippen molar-refractivity contribution in [3.8, 4) is 17.3 Å². The molecule has 3 aromatic heterocycles. The first kappa shape index (κ1) is 24.8. The van der Waals surface area contributed by atoms with Crippen LogP contribution in [0.5, 0.6) is 5.88 Å². The number of piperazine rings is 1. The van der Waals surface area contributed by atoms with Crippen molar-refractivity contribution in [3.05, 3.63) is 28.3 Å². The fourth-order valence-corrected chi connectivity index (χ4v) is 6.25. The average Bonchev–Trinajstić information content (AvgIpc) is 3.21. The predicted octanol–water partition coefficient (Wildman–Crippen LogP) is 2.19. The number of ether oxygens (including phenoxy) is 1. The van der Waals surface area contributed by atoms with Gasteiger partial charge in [-0.05, 0) is 45.2 Å². The molecule has 4 heterocycles. The number of fused-ring (bicyclic) bond motifs is 1. The number of aromatic amines is 1. The number of hydrogen-bond acceptors (Lipinski definition) is 8. The van der Waals surface area contributed by atoms with Gasteiger partial charge in [0.1, 0.15) is 16.2 Å². The largest absolute Gasteiger partial charge is 0.477 e. The van der Waals surface area contributed by atoms with Gasteiger partial charge in [-0.15, -0.1) is 0 Å². The molecule has 0 amide bonds. The minimum Gasteiger partial charge on any atom is -0.477 e. The van der Waals surface area contributed by atoms with Crippen molar-refractivity contribution in [2.24, 2.45) is 0 Å². The quantitative estimate of drug-likeness (QED) is 0.484. The van der Waals surface area contributed by atoms with E-state index in [-0.39, 0.29) is 22.2 Å². The molecule has 3 aromatic rings. The minimum atomic E-state index is -3.77. The van der Waals surface area contributed by atoms with Crippen LogP contribution >= 0.6 is 0 Å². The van der Waals surface area contributed by atoms with Crippen molar-refractivity contribution >= 4 is 21.1 Å². The molecule has 0 radical (unpaired) electrons. The third-order valence-electron chi connectivity index (χ3n) is 7.19. The van der Waals surface area contributed by atoms with E-state index in [1.807, 2.05) is 18.5 Å². The van der Waals surface area contributed by atoms with Gasteiger partial charge in [-0.25, -0.2) is 18.4 Å². The molecule has 0 unspecified atom stereocenters. The molecule has 0 spiro atoms. The van der Waals surface area contributed by atoms with Gasteiger partial charge < -0.3 is 14.6 Å². The van der Waals surface area contributed by atoms with Gasteiger partial charge in [0.25, 0.3) is 5.56 Å². The molecule has 11 nitrogen and oxygen atoms in total. The standard InChI is InChI=1S/C24H33N7O4S/c1-4-19-20-21(28-31(19)16-8-7-9-16)23(32)27-22(26-20)18-14-17(15-25-24(18)35-6-3)36(33,34)30-12-10-29(5-2)11-13-30/h14-16H,4-13H2,1-3H3,(H,26,27,32). The first-order chi connectivity index (χ1) is 17.4. The number of aryl methyl sites for hydroxylation is 1. The van der Waals surface area contributed by atoms with Crippen LogP contribution in [0.4, 0.5) is 0 Å². The first-order valence-corrected chi connectivity index (χ1v) is 14.2. The Labute approximate surface area is 210 Å². The highest BCUT2D eigenvalue weighted by molar-refractivity contribution is 7.89. The molecule has 0 aromatic carbocycles. The van der Waals surface area contributed by atoms with Crippen LogP contribution in [0.1, 0.15) is 51.8 Å². The van der Waals surface area contributed by atoms with E-state index in [9.17, 15) is 13.2 Å². The number of nitrogens with one attached hydrogen (secondary N) is 1. The summed E-state index contributed by atoms with van der Waals surface area (Å²) >= 11 is 0. The normalized spacial score (nSPS) is 18.0. The number of hydrogen-bond donors (Lipinski definition) is 1. The fraction of sp³-hybridized carbons (Fsp3) is 0.583. The van der Waals surface area contributed by atoms with E-state index in [4.69, 9.17) is 9.72 Å².